The van der Waals surface area contributed by atoms with E-state index in [2.05, 4.69) is 5.32 Å². The van der Waals surface area contributed by atoms with Gasteiger partial charge in [0.05, 0.1) is 41.5 Å². The number of nitrogens with zero attached hydrogens (tertiary/aromatic N) is 2. The van der Waals surface area contributed by atoms with Crippen LogP contribution in [0.2, 0.25) is 0 Å². The van der Waals surface area contributed by atoms with Crippen molar-refractivity contribution in [2.24, 2.45) is 0 Å². The van der Waals surface area contributed by atoms with Gasteiger partial charge in [0.2, 0.25) is 5.91 Å². The number of nitrogens with one attached hydrogen (secondary N) is 1. The Morgan fingerprint density at radius 3 is 2.52 bits per heavy atom. The molecule has 1 fully saturated rings. The number of hydrogen-bond acceptors (Lipinski definition) is 5. The first-order valence-corrected chi connectivity index (χ1v) is 8.82. The number of anilines is 2. The molecule has 1 aliphatic rings. The maximum atomic E-state index is 13.1. The van der Waals surface area contributed by atoms with Crippen LogP contribution in [-0.4, -0.2) is 37.1 Å². The van der Waals surface area contributed by atoms with E-state index in [9.17, 15) is 28.1 Å². The number of para-hydroxylation sites is 1. The smallest absolute Gasteiger partial charge is 0.378 e. The maximum absolute atomic E-state index is 13.1. The first-order valence-electron chi connectivity index (χ1n) is 8.82. The molecule has 7 nitrogen and oxygen atoms in total. The van der Waals surface area contributed by atoms with E-state index in [1.807, 2.05) is 4.90 Å². The maximum Gasteiger partial charge on any atom is 0.416 e. The summed E-state index contributed by atoms with van der Waals surface area (Å²) in [5, 5.41) is 13.6. The number of rotatable bonds is 5. The van der Waals surface area contributed by atoms with Crippen LogP contribution in [0.15, 0.2) is 42.5 Å². The Bertz CT molecular complexity index is 912. The zero-order chi connectivity index (χ0) is 21.0. The Morgan fingerprint density at radius 1 is 1.17 bits per heavy atom. The molecule has 1 heterocycles. The lowest BCUT2D eigenvalue weighted by Gasteiger charge is -2.31. The molecule has 1 saturated heterocycles. The van der Waals surface area contributed by atoms with Gasteiger partial charge in [-0.25, -0.2) is 0 Å². The van der Waals surface area contributed by atoms with E-state index in [4.69, 9.17) is 4.74 Å². The molecule has 0 aliphatic carbocycles. The SMILES string of the molecule is O=C(Cc1ccccc1[N+](=O)[O-])Nc1cc(C(F)(F)F)ccc1N1CCOCC1. The van der Waals surface area contributed by atoms with Crippen molar-refractivity contribution in [3.63, 3.8) is 0 Å². The number of amides is 1. The van der Waals surface area contributed by atoms with E-state index >= 15 is 0 Å². The van der Waals surface area contributed by atoms with Crippen LogP contribution in [0.3, 0.4) is 0 Å². The zero-order valence-electron chi connectivity index (χ0n) is 15.2. The minimum absolute atomic E-state index is 0.00492. The van der Waals surface area contributed by atoms with Gasteiger partial charge in [-0.2, -0.15) is 13.2 Å². The van der Waals surface area contributed by atoms with Crippen molar-refractivity contribution < 1.29 is 27.6 Å². The Hall–Kier alpha value is -3.14. The average Bonchev–Trinajstić information content (AvgIpc) is 2.68. The van der Waals surface area contributed by atoms with Gasteiger partial charge in [0.15, 0.2) is 0 Å². The first kappa shape index (κ1) is 20.6. The number of morpholine rings is 1. The minimum Gasteiger partial charge on any atom is -0.378 e. The molecule has 0 spiro atoms. The highest BCUT2D eigenvalue weighted by Crippen LogP contribution is 2.36. The van der Waals surface area contributed by atoms with Gasteiger partial charge in [0, 0.05) is 24.7 Å². The molecule has 0 radical (unpaired) electrons. The molecule has 1 N–H and O–H groups in total. The lowest BCUT2D eigenvalue weighted by atomic mass is 10.1. The molecular formula is C19H18F3N3O4. The van der Waals surface area contributed by atoms with Crippen LogP contribution in [0.25, 0.3) is 0 Å². The van der Waals surface area contributed by atoms with Gasteiger partial charge < -0.3 is 15.0 Å². The molecule has 0 aromatic heterocycles. The molecule has 154 valence electrons. The number of nitro benzene ring substituents is 1. The Morgan fingerprint density at radius 2 is 1.86 bits per heavy atom. The molecule has 29 heavy (non-hydrogen) atoms. The fourth-order valence-electron chi connectivity index (χ4n) is 3.10. The van der Waals surface area contributed by atoms with Gasteiger partial charge in [-0.1, -0.05) is 18.2 Å². The molecule has 2 aromatic rings. The average molecular weight is 409 g/mol. The molecule has 1 amide bonds. The van der Waals surface area contributed by atoms with Crippen LogP contribution in [0.5, 0.6) is 0 Å². The summed E-state index contributed by atoms with van der Waals surface area (Å²) in [6.07, 6.45) is -4.91. The Balaban J connectivity index is 1.87. The second kappa shape index (κ2) is 8.48. The van der Waals surface area contributed by atoms with Crippen molar-refractivity contribution in [2.45, 2.75) is 12.6 Å². The summed E-state index contributed by atoms with van der Waals surface area (Å²) in [6.45, 7) is 1.78. The molecule has 0 atom stereocenters. The second-order valence-electron chi connectivity index (χ2n) is 6.44. The summed E-state index contributed by atoms with van der Waals surface area (Å²) < 4.78 is 44.7. The number of nitro groups is 1. The lowest BCUT2D eigenvalue weighted by molar-refractivity contribution is -0.385. The first-order chi connectivity index (χ1) is 13.8. The quantitative estimate of drug-likeness (QED) is 0.602. The monoisotopic (exact) mass is 409 g/mol. The normalized spacial score (nSPS) is 14.5. The van der Waals surface area contributed by atoms with Crippen LogP contribution in [-0.2, 0) is 22.1 Å². The molecule has 1 aliphatic heterocycles. The van der Waals surface area contributed by atoms with E-state index in [0.29, 0.717) is 32.0 Å². The van der Waals surface area contributed by atoms with Crippen molar-refractivity contribution >= 4 is 23.0 Å². The van der Waals surface area contributed by atoms with Crippen LogP contribution in [0.4, 0.5) is 30.2 Å². The summed E-state index contributed by atoms with van der Waals surface area (Å²) >= 11 is 0. The van der Waals surface area contributed by atoms with Gasteiger partial charge >= 0.3 is 6.18 Å². The van der Waals surface area contributed by atoms with Gasteiger partial charge in [-0.3, -0.25) is 14.9 Å². The zero-order valence-corrected chi connectivity index (χ0v) is 15.2. The molecule has 2 aromatic carbocycles. The third-order valence-corrected chi connectivity index (χ3v) is 4.49. The number of carbonyl (C=O) groups is 1. The van der Waals surface area contributed by atoms with E-state index in [0.717, 1.165) is 12.1 Å². The standard InChI is InChI=1S/C19H18F3N3O4/c20-19(21,22)14-5-6-17(24-7-9-29-10-8-24)15(12-14)23-18(26)11-13-3-1-2-4-16(13)25(27)28/h1-6,12H,7-11H2,(H,23,26). The summed E-state index contributed by atoms with van der Waals surface area (Å²) in [4.78, 5) is 24.8. The molecular weight excluding hydrogens is 391 g/mol. The summed E-state index contributed by atoms with van der Waals surface area (Å²) in [7, 11) is 0. The number of carbonyl (C=O) groups excluding carboxylic acids is 1. The van der Waals surface area contributed by atoms with Gasteiger partial charge in [0.1, 0.15) is 0 Å². The summed E-state index contributed by atoms with van der Waals surface area (Å²) in [5.41, 5.74) is -0.493. The number of ether oxygens (including phenoxy) is 1. The third kappa shape index (κ3) is 5.02. The van der Waals surface area contributed by atoms with Crippen molar-refractivity contribution in [3.8, 4) is 0 Å². The molecule has 0 unspecified atom stereocenters. The van der Waals surface area contributed by atoms with Gasteiger partial charge in [-0.15, -0.1) is 0 Å². The molecule has 0 saturated carbocycles. The fourth-order valence-corrected chi connectivity index (χ4v) is 3.10. The number of benzene rings is 2. The van der Waals surface area contributed by atoms with E-state index in [1.54, 1.807) is 6.07 Å². The highest BCUT2D eigenvalue weighted by molar-refractivity contribution is 5.96. The fraction of sp³-hybridized carbons (Fsp3) is 0.316. The highest BCUT2D eigenvalue weighted by Gasteiger charge is 2.32. The van der Waals surface area contributed by atoms with E-state index in [-0.39, 0.29) is 23.4 Å². The molecule has 0 bridgehead atoms. The number of alkyl halides is 3. The third-order valence-electron chi connectivity index (χ3n) is 4.49. The topological polar surface area (TPSA) is 84.7 Å². The van der Waals surface area contributed by atoms with Gasteiger partial charge in [-0.05, 0) is 18.2 Å². The Labute approximate surface area is 164 Å². The predicted molar refractivity (Wildman–Crippen MR) is 99.9 cm³/mol. The minimum atomic E-state index is -4.57. The predicted octanol–water partition coefficient (Wildman–Crippen LogP) is 3.63. The Kier molecular flexibility index (Phi) is 6.02. The lowest BCUT2D eigenvalue weighted by Crippen LogP contribution is -2.37. The van der Waals surface area contributed by atoms with E-state index < -0.39 is 22.6 Å². The van der Waals surface area contributed by atoms with Crippen molar-refractivity contribution in [1.29, 1.82) is 0 Å². The van der Waals surface area contributed by atoms with Crippen molar-refractivity contribution in [3.05, 3.63) is 63.7 Å². The largest absolute Gasteiger partial charge is 0.416 e. The van der Waals surface area contributed by atoms with Crippen molar-refractivity contribution in [2.75, 3.05) is 36.5 Å². The van der Waals surface area contributed by atoms with Gasteiger partial charge in [0.25, 0.3) is 5.69 Å². The van der Waals surface area contributed by atoms with Crippen LogP contribution < -0.4 is 10.2 Å². The highest BCUT2D eigenvalue weighted by atomic mass is 19.4. The van der Waals surface area contributed by atoms with E-state index in [1.165, 1.54) is 24.3 Å². The number of hydrogen-bond donors (Lipinski definition) is 1. The molecule has 10 heteroatoms. The number of halogens is 3. The summed E-state index contributed by atoms with van der Waals surface area (Å²) in [6, 6.07) is 8.89. The van der Waals surface area contributed by atoms with Crippen LogP contribution >= 0.6 is 0 Å². The van der Waals surface area contributed by atoms with Crippen LogP contribution in [0.1, 0.15) is 11.1 Å². The van der Waals surface area contributed by atoms with Crippen LogP contribution in [0, 0.1) is 10.1 Å². The summed E-state index contributed by atoms with van der Waals surface area (Å²) in [5.74, 6) is -0.645. The van der Waals surface area contributed by atoms with Crippen molar-refractivity contribution in [1.82, 2.24) is 0 Å². The molecule has 3 rings (SSSR count). The second-order valence-corrected chi connectivity index (χ2v) is 6.44.